The Morgan fingerprint density at radius 2 is 1.33 bits per heavy atom. The van der Waals surface area contributed by atoms with Crippen LogP contribution in [-0.2, 0) is 0 Å². The first-order chi connectivity index (χ1) is 13.1. The highest BCUT2D eigenvalue weighted by molar-refractivity contribution is 6.29. The van der Waals surface area contributed by atoms with Crippen molar-refractivity contribution in [3.8, 4) is 6.07 Å². The van der Waals surface area contributed by atoms with E-state index in [-0.39, 0.29) is 33.9 Å². The molecule has 4 rings (SSSR count). The Kier molecular flexibility index (Phi) is 3.87. The van der Waals surface area contributed by atoms with Crippen LogP contribution in [0.1, 0.15) is 47.8 Å². The van der Waals surface area contributed by atoms with Crippen molar-refractivity contribution >= 4 is 23.2 Å². The van der Waals surface area contributed by atoms with Gasteiger partial charge in [-0.1, -0.05) is 42.5 Å². The van der Waals surface area contributed by atoms with Gasteiger partial charge in [0.15, 0.2) is 11.6 Å². The molecule has 27 heavy (non-hydrogen) atoms. The molecule has 0 atom stereocenters. The van der Waals surface area contributed by atoms with Crippen molar-refractivity contribution in [2.45, 2.75) is 0 Å². The van der Waals surface area contributed by atoms with E-state index in [1.807, 2.05) is 6.07 Å². The molecule has 1 aliphatic rings. The summed E-state index contributed by atoms with van der Waals surface area (Å²) in [6.45, 7) is 0. The van der Waals surface area contributed by atoms with Crippen molar-refractivity contribution < 1.29 is 14.4 Å². The third kappa shape index (κ3) is 2.70. The van der Waals surface area contributed by atoms with Crippen LogP contribution in [-0.4, -0.2) is 17.5 Å². The second-order valence-electron chi connectivity index (χ2n) is 6.08. The number of hydrogen-bond donors (Lipinski definition) is 1. The van der Waals surface area contributed by atoms with E-state index in [0.717, 1.165) is 0 Å². The van der Waals surface area contributed by atoms with Crippen LogP contribution in [0.5, 0.6) is 0 Å². The predicted molar refractivity (Wildman–Crippen MR) is 98.9 cm³/mol. The van der Waals surface area contributed by atoms with Crippen molar-refractivity contribution in [3.63, 3.8) is 0 Å². The van der Waals surface area contributed by atoms with Crippen LogP contribution in [0.15, 0.2) is 66.7 Å². The van der Waals surface area contributed by atoms with Crippen LogP contribution >= 0.6 is 0 Å². The van der Waals surface area contributed by atoms with Gasteiger partial charge in [-0.25, -0.2) is 0 Å². The molecule has 0 aliphatic heterocycles. The van der Waals surface area contributed by atoms with E-state index in [0.29, 0.717) is 16.7 Å². The van der Waals surface area contributed by atoms with Crippen molar-refractivity contribution in [3.05, 3.63) is 100 Å². The summed E-state index contributed by atoms with van der Waals surface area (Å²) in [4.78, 5) is 38.0. The molecule has 3 aromatic carbocycles. The summed E-state index contributed by atoms with van der Waals surface area (Å²) in [5, 5.41) is 12.1. The van der Waals surface area contributed by atoms with Gasteiger partial charge in [-0.3, -0.25) is 14.4 Å². The summed E-state index contributed by atoms with van der Waals surface area (Å²) >= 11 is 0. The molecular weight excluding hydrogens is 340 g/mol. The highest BCUT2D eigenvalue weighted by Crippen LogP contribution is 2.31. The Morgan fingerprint density at radius 3 is 1.93 bits per heavy atom. The van der Waals surface area contributed by atoms with Crippen LogP contribution in [0.3, 0.4) is 0 Å². The molecule has 0 heterocycles. The summed E-state index contributed by atoms with van der Waals surface area (Å²) in [7, 11) is 0. The highest BCUT2D eigenvalue weighted by Gasteiger charge is 2.30. The van der Waals surface area contributed by atoms with Crippen LogP contribution in [0.4, 0.5) is 5.69 Å². The summed E-state index contributed by atoms with van der Waals surface area (Å²) in [6.07, 6.45) is 0. The fourth-order valence-electron chi connectivity index (χ4n) is 3.12. The summed E-state index contributed by atoms with van der Waals surface area (Å²) in [5.74, 6) is -1.01. The topological polar surface area (TPSA) is 87.0 Å². The zero-order chi connectivity index (χ0) is 19.0. The number of anilines is 1. The van der Waals surface area contributed by atoms with Gasteiger partial charge in [0.25, 0.3) is 5.91 Å². The molecule has 0 aromatic heterocycles. The lowest BCUT2D eigenvalue weighted by atomic mass is 9.83. The fourth-order valence-corrected chi connectivity index (χ4v) is 3.12. The first-order valence-corrected chi connectivity index (χ1v) is 8.23. The first kappa shape index (κ1) is 16.4. The maximum atomic E-state index is 12.8. The highest BCUT2D eigenvalue weighted by atomic mass is 16.2. The first-order valence-electron chi connectivity index (χ1n) is 8.23. The minimum Gasteiger partial charge on any atom is -0.321 e. The summed E-state index contributed by atoms with van der Waals surface area (Å²) in [5.41, 5.74) is 1.74. The molecular formula is C22H12N2O3. The zero-order valence-corrected chi connectivity index (χ0v) is 14.0. The lowest BCUT2D eigenvalue weighted by molar-refractivity contribution is 0.0979. The van der Waals surface area contributed by atoms with Gasteiger partial charge < -0.3 is 5.32 Å². The number of nitrogens with one attached hydrogen (secondary N) is 1. The third-order valence-corrected chi connectivity index (χ3v) is 4.47. The smallest absolute Gasteiger partial charge is 0.255 e. The number of benzene rings is 3. The van der Waals surface area contributed by atoms with Gasteiger partial charge in [-0.2, -0.15) is 5.26 Å². The van der Waals surface area contributed by atoms with E-state index in [1.54, 1.807) is 54.6 Å². The molecule has 3 aromatic rings. The third-order valence-electron chi connectivity index (χ3n) is 4.47. The van der Waals surface area contributed by atoms with Crippen LogP contribution < -0.4 is 5.32 Å². The van der Waals surface area contributed by atoms with Crippen LogP contribution in [0, 0.1) is 11.3 Å². The van der Waals surface area contributed by atoms with Gasteiger partial charge in [-0.15, -0.1) is 0 Å². The molecule has 1 N–H and O–H groups in total. The average molecular weight is 352 g/mol. The Morgan fingerprint density at radius 1 is 0.778 bits per heavy atom. The summed E-state index contributed by atoms with van der Waals surface area (Å²) < 4.78 is 0. The van der Waals surface area contributed by atoms with E-state index >= 15 is 0 Å². The van der Waals surface area contributed by atoms with Crippen molar-refractivity contribution in [2.75, 3.05) is 5.32 Å². The lowest BCUT2D eigenvalue weighted by Crippen LogP contribution is -2.22. The quantitative estimate of drug-likeness (QED) is 0.597. The normalized spacial score (nSPS) is 12.0. The predicted octanol–water partition coefficient (Wildman–Crippen LogP) is 3.59. The van der Waals surface area contributed by atoms with E-state index in [2.05, 4.69) is 5.32 Å². The van der Waals surface area contributed by atoms with Gasteiger partial charge in [0.2, 0.25) is 0 Å². The number of nitriles is 1. The van der Waals surface area contributed by atoms with E-state index in [4.69, 9.17) is 0 Å². The van der Waals surface area contributed by atoms with Gasteiger partial charge in [-0.05, 0) is 24.3 Å². The maximum Gasteiger partial charge on any atom is 0.255 e. The molecule has 5 nitrogen and oxygen atoms in total. The molecule has 0 bridgehead atoms. The molecule has 0 spiro atoms. The number of rotatable bonds is 2. The van der Waals surface area contributed by atoms with Gasteiger partial charge in [0.1, 0.15) is 6.07 Å². The van der Waals surface area contributed by atoms with Gasteiger partial charge in [0, 0.05) is 27.8 Å². The van der Waals surface area contributed by atoms with E-state index in [1.165, 1.54) is 12.1 Å². The van der Waals surface area contributed by atoms with E-state index in [9.17, 15) is 19.6 Å². The van der Waals surface area contributed by atoms with Crippen molar-refractivity contribution in [1.29, 1.82) is 5.26 Å². The zero-order valence-electron chi connectivity index (χ0n) is 14.0. The number of carbonyl (C=O) groups is 3. The standard InChI is InChI=1S/C22H12N2O3/c23-12-14-10-17-18(21(26)16-9-5-4-8-15(16)20(17)25)11-19(14)24-22(27)13-6-2-1-3-7-13/h1-11H,(H,24,27). The fraction of sp³-hybridized carbons (Fsp3) is 0. The minimum atomic E-state index is -0.401. The maximum absolute atomic E-state index is 12.8. The van der Waals surface area contributed by atoms with Crippen molar-refractivity contribution in [1.82, 2.24) is 0 Å². The van der Waals surface area contributed by atoms with E-state index < -0.39 is 5.91 Å². The molecule has 128 valence electrons. The molecule has 0 saturated carbocycles. The van der Waals surface area contributed by atoms with Crippen molar-refractivity contribution in [2.24, 2.45) is 0 Å². The number of fused-ring (bicyclic) bond motifs is 2. The van der Waals surface area contributed by atoms with Crippen LogP contribution in [0.25, 0.3) is 0 Å². The second kappa shape index (κ2) is 6.36. The molecule has 0 fully saturated rings. The van der Waals surface area contributed by atoms with Gasteiger partial charge in [0.05, 0.1) is 11.3 Å². The Bertz CT molecular complexity index is 1160. The molecule has 0 saturated heterocycles. The lowest BCUT2D eigenvalue weighted by Gasteiger charge is -2.19. The molecule has 1 aliphatic carbocycles. The average Bonchev–Trinajstić information content (AvgIpc) is 2.72. The Balaban J connectivity index is 1.80. The number of carbonyl (C=O) groups excluding carboxylic acids is 3. The number of amides is 1. The molecule has 5 heteroatoms. The second-order valence-corrected chi connectivity index (χ2v) is 6.08. The number of hydrogen-bond acceptors (Lipinski definition) is 4. The molecule has 1 amide bonds. The number of ketones is 2. The Hall–Kier alpha value is -4.04. The minimum absolute atomic E-state index is 0.124. The summed E-state index contributed by atoms with van der Waals surface area (Å²) in [6, 6.07) is 19.9. The van der Waals surface area contributed by atoms with Crippen LogP contribution in [0.2, 0.25) is 0 Å². The number of nitrogens with zero attached hydrogens (tertiary/aromatic N) is 1. The largest absolute Gasteiger partial charge is 0.321 e. The molecule has 0 unspecified atom stereocenters. The van der Waals surface area contributed by atoms with Gasteiger partial charge >= 0.3 is 0 Å². The monoisotopic (exact) mass is 352 g/mol. The Labute approximate surface area is 154 Å². The SMILES string of the molecule is N#Cc1cc2c(cc1NC(=O)c1ccccc1)C(=O)c1ccccc1C2=O. The molecule has 0 radical (unpaired) electrons.